The van der Waals surface area contributed by atoms with Crippen LogP contribution in [0, 0.1) is 23.1 Å². The van der Waals surface area contributed by atoms with Crippen molar-refractivity contribution in [1.82, 2.24) is 30.8 Å². The number of anilines is 1. The van der Waals surface area contributed by atoms with Crippen molar-refractivity contribution >= 4 is 29.4 Å². The van der Waals surface area contributed by atoms with Gasteiger partial charge in [-0.1, -0.05) is 41.6 Å². The molecule has 3 aliphatic heterocycles. The van der Waals surface area contributed by atoms with Gasteiger partial charge in [0.1, 0.15) is 17.7 Å². The number of nitrogens with zero attached hydrogens (tertiary/aromatic N) is 4. The van der Waals surface area contributed by atoms with E-state index >= 15 is 4.39 Å². The van der Waals surface area contributed by atoms with E-state index in [9.17, 15) is 27.9 Å². The first-order chi connectivity index (χ1) is 30.1. The van der Waals surface area contributed by atoms with Crippen molar-refractivity contribution in [1.29, 1.82) is 0 Å². The predicted molar refractivity (Wildman–Crippen MR) is 229 cm³/mol. The van der Waals surface area contributed by atoms with Gasteiger partial charge in [-0.15, -0.1) is 0 Å². The quantitative estimate of drug-likeness (QED) is 0.0897. The van der Waals surface area contributed by atoms with Gasteiger partial charge in [-0.25, -0.2) is 14.2 Å². The van der Waals surface area contributed by atoms with E-state index in [1.807, 2.05) is 17.4 Å². The summed E-state index contributed by atoms with van der Waals surface area (Å²) in [7, 11) is 0.962. The summed E-state index contributed by atoms with van der Waals surface area (Å²) in [6.45, 7) is 4.70. The molecule has 4 N–H and O–H groups in total. The fraction of sp³-hybridized carbons (Fsp3) is 0.435. The standard InChI is InChI=1S/C46H50ClF4N7O5/c1-45(2,46(49,50)51)42(56-44(61)62-3)43(60)55-39(40(59)23-52-22-35-36(47)19-31(20-37(35)48)38-6-4-5-17-53-38)18-29-10-7-28(8-11-29)9-12-30-13-16-41(54-21-30)57-24-32-14-15-33(25-57)58(32)34-26-63-27-34/h4-8,10-11,13,16-17,19-21,32-34,39-40,42,52,59H,14-15,18,22-27H2,1-3H3,(H,55,60)(H,56,61)/t32?,33?,39-,40-,42?/m0/s1. The minimum Gasteiger partial charge on any atom is -0.453 e. The Bertz CT molecular complexity index is 2250. The van der Waals surface area contributed by atoms with E-state index in [1.165, 1.54) is 18.9 Å². The van der Waals surface area contributed by atoms with E-state index in [2.05, 4.69) is 42.0 Å². The van der Waals surface area contributed by atoms with E-state index in [1.54, 1.807) is 60.9 Å². The van der Waals surface area contributed by atoms with Crippen molar-refractivity contribution in [3.8, 4) is 23.1 Å². The van der Waals surface area contributed by atoms with Gasteiger partial charge >= 0.3 is 12.3 Å². The number of ether oxygens (including phenoxy) is 2. The number of carbonyl (C=O) groups is 2. The number of alkyl carbamates (subject to hydrolysis) is 1. The van der Waals surface area contributed by atoms with Gasteiger partial charge in [0, 0.05) is 77.9 Å². The average Bonchev–Trinajstić information content (AvgIpc) is 3.47. The van der Waals surface area contributed by atoms with Crippen LogP contribution in [0.5, 0.6) is 0 Å². The highest BCUT2D eigenvalue weighted by molar-refractivity contribution is 6.31. The zero-order valence-corrected chi connectivity index (χ0v) is 35.8. The highest BCUT2D eigenvalue weighted by Crippen LogP contribution is 2.41. The number of rotatable bonds is 14. The maximum Gasteiger partial charge on any atom is 0.407 e. The first kappa shape index (κ1) is 45.7. The van der Waals surface area contributed by atoms with Gasteiger partial charge in [0.15, 0.2) is 0 Å². The molecule has 2 bridgehead atoms. The molecule has 3 fully saturated rings. The van der Waals surface area contributed by atoms with Crippen LogP contribution in [0.1, 0.15) is 48.9 Å². The lowest BCUT2D eigenvalue weighted by molar-refractivity contribution is -0.220. The number of carbonyl (C=O) groups excluding carboxylic acids is 2. The van der Waals surface area contributed by atoms with Crippen LogP contribution < -0.4 is 20.9 Å². The molecule has 63 heavy (non-hydrogen) atoms. The lowest BCUT2D eigenvalue weighted by Crippen LogP contribution is -2.62. The third kappa shape index (κ3) is 10.7. The van der Waals surface area contributed by atoms with Crippen molar-refractivity contribution in [3.05, 3.63) is 112 Å². The summed E-state index contributed by atoms with van der Waals surface area (Å²) < 4.78 is 68.0. The number of hydrogen-bond acceptors (Lipinski definition) is 10. The minimum atomic E-state index is -4.92. The highest BCUT2D eigenvalue weighted by Gasteiger charge is 2.56. The predicted octanol–water partition coefficient (Wildman–Crippen LogP) is 5.88. The molecular weight excluding hydrogens is 842 g/mol. The monoisotopic (exact) mass is 891 g/mol. The number of benzene rings is 2. The Morgan fingerprint density at radius 1 is 0.968 bits per heavy atom. The van der Waals surface area contributed by atoms with Crippen LogP contribution in [0.3, 0.4) is 0 Å². The Morgan fingerprint density at radius 3 is 2.25 bits per heavy atom. The molecule has 0 saturated carbocycles. The fourth-order valence-corrected chi connectivity index (χ4v) is 8.56. The molecule has 3 unspecified atom stereocenters. The summed E-state index contributed by atoms with van der Waals surface area (Å²) in [5, 5.41) is 19.0. The summed E-state index contributed by atoms with van der Waals surface area (Å²) in [5.74, 6) is 5.38. The van der Waals surface area contributed by atoms with Crippen LogP contribution >= 0.6 is 11.6 Å². The number of aromatic nitrogens is 2. The van der Waals surface area contributed by atoms with E-state index < -0.39 is 47.6 Å². The van der Waals surface area contributed by atoms with E-state index in [0.717, 1.165) is 58.6 Å². The summed E-state index contributed by atoms with van der Waals surface area (Å²) in [5.41, 5.74) is 0.373. The normalized spacial score (nSPS) is 19.3. The Kier molecular flexibility index (Phi) is 14.2. The molecule has 3 saturated heterocycles. The molecule has 2 amide bonds. The van der Waals surface area contributed by atoms with Crippen molar-refractivity contribution in [2.24, 2.45) is 5.41 Å². The van der Waals surface area contributed by atoms with Gasteiger partial charge in [0.25, 0.3) is 0 Å². The summed E-state index contributed by atoms with van der Waals surface area (Å²) in [6, 6.07) is 17.2. The maximum absolute atomic E-state index is 15.3. The molecule has 2 aromatic heterocycles. The van der Waals surface area contributed by atoms with Crippen LogP contribution in [0.2, 0.25) is 5.02 Å². The maximum atomic E-state index is 15.3. The Balaban J connectivity index is 1.03. The van der Waals surface area contributed by atoms with Crippen molar-refractivity contribution < 1.29 is 41.7 Å². The first-order valence-electron chi connectivity index (χ1n) is 20.8. The number of methoxy groups -OCH3 is 1. The minimum absolute atomic E-state index is 0.0383. The summed E-state index contributed by atoms with van der Waals surface area (Å²) in [4.78, 5) is 39.8. The van der Waals surface area contributed by atoms with Crippen molar-refractivity contribution in [3.63, 3.8) is 0 Å². The van der Waals surface area contributed by atoms with E-state index in [-0.39, 0.29) is 30.1 Å². The number of amides is 2. The second kappa shape index (κ2) is 19.6. The zero-order chi connectivity index (χ0) is 44.9. The number of aliphatic hydroxyl groups is 1. The largest absolute Gasteiger partial charge is 0.453 e. The topological polar surface area (TPSA) is 141 Å². The molecule has 3 aliphatic rings. The van der Waals surface area contributed by atoms with Gasteiger partial charge in [-0.2, -0.15) is 13.2 Å². The Hall–Kier alpha value is -5.31. The number of alkyl halides is 3. The summed E-state index contributed by atoms with van der Waals surface area (Å²) >= 11 is 6.46. The first-order valence-corrected chi connectivity index (χ1v) is 21.2. The van der Waals surface area contributed by atoms with E-state index in [0.29, 0.717) is 40.5 Å². The van der Waals surface area contributed by atoms with Gasteiger partial charge < -0.3 is 35.4 Å². The van der Waals surface area contributed by atoms with Crippen LogP contribution in [0.4, 0.5) is 28.2 Å². The van der Waals surface area contributed by atoms with Crippen LogP contribution in [0.25, 0.3) is 11.3 Å². The Morgan fingerprint density at radius 2 is 1.67 bits per heavy atom. The second-order valence-electron chi connectivity index (χ2n) is 16.7. The third-order valence-electron chi connectivity index (χ3n) is 12.1. The molecule has 5 atom stereocenters. The smallest absolute Gasteiger partial charge is 0.407 e. The molecule has 0 aliphatic carbocycles. The van der Waals surface area contributed by atoms with Gasteiger partial charge in [-0.05, 0) is 87.2 Å². The molecule has 5 heterocycles. The molecule has 7 rings (SSSR count). The van der Waals surface area contributed by atoms with E-state index in [4.69, 9.17) is 21.3 Å². The number of nitrogens with one attached hydrogen (secondary N) is 3. The lowest BCUT2D eigenvalue weighted by atomic mass is 9.82. The average molecular weight is 892 g/mol. The highest BCUT2D eigenvalue weighted by atomic mass is 35.5. The number of aliphatic hydroxyl groups excluding tert-OH is 1. The molecule has 2 aromatic carbocycles. The van der Waals surface area contributed by atoms with Crippen molar-refractivity contribution in [2.45, 2.75) is 82.1 Å². The molecule has 0 spiro atoms. The van der Waals surface area contributed by atoms with Crippen LogP contribution in [-0.2, 0) is 27.2 Å². The lowest BCUT2D eigenvalue weighted by Gasteiger charge is -2.47. The van der Waals surface area contributed by atoms with Crippen LogP contribution in [0.15, 0.2) is 79.1 Å². The Labute approximate surface area is 368 Å². The number of fused-ring (bicyclic) bond motifs is 2. The van der Waals surface area contributed by atoms with Gasteiger partial charge in [0.2, 0.25) is 5.91 Å². The molecule has 334 valence electrons. The zero-order valence-electron chi connectivity index (χ0n) is 35.1. The van der Waals surface area contributed by atoms with Gasteiger partial charge in [0.05, 0.1) is 49.6 Å². The second-order valence-corrected chi connectivity index (χ2v) is 17.1. The number of hydrogen-bond donors (Lipinski definition) is 4. The molecule has 12 nitrogen and oxygen atoms in total. The fourth-order valence-electron chi connectivity index (χ4n) is 8.29. The molecular formula is C46H50ClF4N7O5. The number of halogens is 5. The molecule has 0 radical (unpaired) electrons. The van der Waals surface area contributed by atoms with Gasteiger partial charge in [-0.3, -0.25) is 14.7 Å². The SMILES string of the molecule is COC(=O)NC(C(=O)N[C@@H](Cc1ccc(C#Cc2ccc(N3CC4CCC(C3)N4C3COC3)nc2)cc1)[C@@H](O)CNCc1c(F)cc(-c2ccccn2)cc1Cl)C(C)(C)C(F)(F)F. The van der Waals surface area contributed by atoms with Crippen LogP contribution in [-0.4, -0.2) is 114 Å². The molecule has 17 heteroatoms. The van der Waals surface area contributed by atoms with Crippen molar-refractivity contribution in [2.75, 3.05) is 44.9 Å². The third-order valence-corrected chi connectivity index (χ3v) is 12.5. The summed E-state index contributed by atoms with van der Waals surface area (Å²) in [6.07, 6.45) is -1.92. The number of piperazine rings is 1. The molecule has 4 aromatic rings. The number of pyridine rings is 2.